The lowest BCUT2D eigenvalue weighted by Gasteiger charge is -2.12. The van der Waals surface area contributed by atoms with Gasteiger partial charge in [0.1, 0.15) is 0 Å². The van der Waals surface area contributed by atoms with Gasteiger partial charge >= 0.3 is 0 Å². The number of hydrogen-bond donors (Lipinski definition) is 1. The second-order valence-corrected chi connectivity index (χ2v) is 5.06. The van der Waals surface area contributed by atoms with Gasteiger partial charge in [-0.05, 0) is 24.3 Å². The average Bonchev–Trinajstić information content (AvgIpc) is 2.46. The van der Waals surface area contributed by atoms with E-state index in [2.05, 4.69) is 10.1 Å². The Labute approximate surface area is 118 Å². The molecule has 0 fully saturated rings. The van der Waals surface area contributed by atoms with E-state index in [1.165, 1.54) is 0 Å². The lowest BCUT2D eigenvalue weighted by atomic mass is 9.98. The van der Waals surface area contributed by atoms with Crippen molar-refractivity contribution in [2.75, 3.05) is 5.32 Å². The van der Waals surface area contributed by atoms with E-state index in [1.807, 2.05) is 36.4 Å². The van der Waals surface area contributed by atoms with E-state index in [4.69, 9.17) is 5.53 Å². The van der Waals surface area contributed by atoms with Crippen LogP contribution in [-0.4, -0.2) is 24.3 Å². The number of anilines is 1. The molecule has 0 aliphatic heterocycles. The van der Waals surface area contributed by atoms with Crippen LogP contribution in [0, 0.1) is 0 Å². The topological polar surface area (TPSA) is 82.6 Å². The number of allylic oxidation sites excluding steroid dienone is 3. The molecule has 0 amide bonds. The Bertz CT molecular complexity index is 732. The summed E-state index contributed by atoms with van der Waals surface area (Å²) >= 11 is 0. The van der Waals surface area contributed by atoms with Crippen LogP contribution in [0.15, 0.2) is 53.8 Å². The molecule has 102 valence electrons. The molecule has 6 heteroatoms. The van der Waals surface area contributed by atoms with Gasteiger partial charge in [-0.25, -0.2) is 0 Å². The first kappa shape index (κ1) is 14.0. The number of nitrogens with one attached hydrogen (secondary N) is 1. The highest BCUT2D eigenvalue weighted by Gasteiger charge is 2.18. The maximum atomic E-state index is 10.6. The molecule has 1 aliphatic carbocycles. The molecule has 1 N–H and O–H groups in total. The van der Waals surface area contributed by atoms with Gasteiger partial charge in [0.2, 0.25) is 10.3 Å². The van der Waals surface area contributed by atoms with Crippen molar-refractivity contribution in [3.8, 4) is 0 Å². The fourth-order valence-electron chi connectivity index (χ4n) is 1.88. The van der Waals surface area contributed by atoms with E-state index in [1.54, 1.807) is 6.08 Å². The molecule has 0 atom stereocenters. The minimum atomic E-state index is -2.23. The number of nitrogens with zero attached hydrogens (tertiary/aromatic N) is 2. The van der Waals surface area contributed by atoms with Crippen LogP contribution in [0.1, 0.15) is 12.8 Å². The average molecular weight is 287 g/mol. The third-order valence-electron chi connectivity index (χ3n) is 2.84. The predicted molar refractivity (Wildman–Crippen MR) is 79.1 cm³/mol. The van der Waals surface area contributed by atoms with E-state index in [0.717, 1.165) is 16.8 Å². The zero-order chi connectivity index (χ0) is 14.4. The SMILES string of the molecule is [N-]=[N+]=C1CC=C(Nc2ccccc2)C=C1CC=S(=O)=O. The molecule has 5 nitrogen and oxygen atoms in total. The molecule has 1 aliphatic rings. The van der Waals surface area contributed by atoms with E-state index < -0.39 is 10.3 Å². The summed E-state index contributed by atoms with van der Waals surface area (Å²) in [6.07, 6.45) is 4.34. The lowest BCUT2D eigenvalue weighted by Crippen LogP contribution is -2.12. The molecule has 1 aromatic carbocycles. The van der Waals surface area contributed by atoms with E-state index >= 15 is 0 Å². The molecular weight excluding hydrogens is 274 g/mol. The smallest absolute Gasteiger partial charge is 0.299 e. The summed E-state index contributed by atoms with van der Waals surface area (Å²) in [5.74, 6) is 0. The van der Waals surface area contributed by atoms with Gasteiger partial charge < -0.3 is 10.8 Å². The highest BCUT2D eigenvalue weighted by atomic mass is 32.2. The molecule has 2 rings (SSSR count). The summed E-state index contributed by atoms with van der Waals surface area (Å²) in [6, 6.07) is 9.64. The third kappa shape index (κ3) is 3.78. The molecule has 0 unspecified atom stereocenters. The van der Waals surface area contributed by atoms with Crippen LogP contribution < -0.4 is 5.32 Å². The Hall–Kier alpha value is -2.43. The molecule has 1 aromatic rings. The first-order valence-corrected chi connectivity index (χ1v) is 7.18. The highest BCUT2D eigenvalue weighted by Crippen LogP contribution is 2.18. The zero-order valence-corrected chi connectivity index (χ0v) is 11.5. The Balaban J connectivity index is 2.22. The van der Waals surface area contributed by atoms with Crippen LogP contribution in [-0.2, 0) is 10.3 Å². The largest absolute Gasteiger partial charge is 0.361 e. The van der Waals surface area contributed by atoms with Crippen LogP contribution in [0.25, 0.3) is 5.53 Å². The predicted octanol–water partition coefficient (Wildman–Crippen LogP) is 2.05. The molecule has 0 aromatic heterocycles. The van der Waals surface area contributed by atoms with Crippen molar-refractivity contribution in [2.24, 2.45) is 0 Å². The van der Waals surface area contributed by atoms with E-state index in [-0.39, 0.29) is 6.42 Å². The fraction of sp³-hybridized carbons (Fsp3) is 0.143. The monoisotopic (exact) mass is 287 g/mol. The second kappa shape index (κ2) is 6.65. The summed E-state index contributed by atoms with van der Waals surface area (Å²) in [5, 5.41) is 4.36. The van der Waals surface area contributed by atoms with Gasteiger partial charge in [-0.15, -0.1) is 0 Å². The third-order valence-corrected chi connectivity index (χ3v) is 3.28. The molecule has 0 radical (unpaired) electrons. The van der Waals surface area contributed by atoms with Crippen molar-refractivity contribution in [1.29, 1.82) is 0 Å². The number of para-hydroxylation sites is 1. The van der Waals surface area contributed by atoms with Crippen molar-refractivity contribution in [1.82, 2.24) is 0 Å². The Morgan fingerprint density at radius 2 is 2.05 bits per heavy atom. The van der Waals surface area contributed by atoms with Gasteiger partial charge in [-0.1, -0.05) is 18.2 Å². The number of benzene rings is 1. The maximum absolute atomic E-state index is 10.6. The van der Waals surface area contributed by atoms with Gasteiger partial charge in [0.05, 0.1) is 6.42 Å². The van der Waals surface area contributed by atoms with Gasteiger partial charge in [0.25, 0.3) is 5.71 Å². The van der Waals surface area contributed by atoms with Crippen LogP contribution >= 0.6 is 0 Å². The Morgan fingerprint density at radius 1 is 1.30 bits per heavy atom. The number of rotatable bonds is 4. The molecule has 20 heavy (non-hydrogen) atoms. The second-order valence-electron chi connectivity index (χ2n) is 4.20. The minimum absolute atomic E-state index is 0.212. The standard InChI is InChI=1S/C14H13N3O2S/c15-17-14-7-6-13(10-11(14)8-9-20(18)19)16-12-4-2-1-3-5-12/h1-6,9-10,16H,7-8H2. The quantitative estimate of drug-likeness (QED) is 0.522. The summed E-state index contributed by atoms with van der Waals surface area (Å²) in [7, 11) is -2.23. The normalized spacial score (nSPS) is 13.9. The summed E-state index contributed by atoms with van der Waals surface area (Å²) in [5.41, 5.74) is 11.9. The van der Waals surface area contributed by atoms with Crippen molar-refractivity contribution in [3.63, 3.8) is 0 Å². The molecule has 0 heterocycles. The zero-order valence-electron chi connectivity index (χ0n) is 10.7. The first-order valence-electron chi connectivity index (χ1n) is 6.04. The van der Waals surface area contributed by atoms with Crippen molar-refractivity contribution >= 4 is 27.1 Å². The van der Waals surface area contributed by atoms with Crippen LogP contribution in [0.3, 0.4) is 0 Å². The molecule has 0 saturated heterocycles. The molecular formula is C14H13N3O2S. The van der Waals surface area contributed by atoms with Crippen molar-refractivity contribution < 1.29 is 13.2 Å². The van der Waals surface area contributed by atoms with Gasteiger partial charge in [0, 0.05) is 28.7 Å². The van der Waals surface area contributed by atoms with E-state index in [0.29, 0.717) is 17.7 Å². The summed E-state index contributed by atoms with van der Waals surface area (Å²) in [4.78, 5) is 3.20. The van der Waals surface area contributed by atoms with Crippen molar-refractivity contribution in [2.45, 2.75) is 12.8 Å². The Morgan fingerprint density at radius 3 is 2.70 bits per heavy atom. The van der Waals surface area contributed by atoms with Gasteiger partial charge in [0.15, 0.2) is 0 Å². The molecule has 0 spiro atoms. The highest BCUT2D eigenvalue weighted by molar-refractivity contribution is 7.71. The molecule has 0 bridgehead atoms. The van der Waals surface area contributed by atoms with Crippen LogP contribution in [0.5, 0.6) is 0 Å². The first-order chi connectivity index (χ1) is 9.69. The lowest BCUT2D eigenvalue weighted by molar-refractivity contribution is -0.00656. The van der Waals surface area contributed by atoms with Crippen LogP contribution in [0.2, 0.25) is 0 Å². The summed E-state index contributed by atoms with van der Waals surface area (Å²) < 4.78 is 21.2. The fourth-order valence-corrected chi connectivity index (χ4v) is 2.20. The number of hydrogen-bond acceptors (Lipinski definition) is 3. The Kier molecular flexibility index (Phi) is 4.65. The maximum Gasteiger partial charge on any atom is 0.299 e. The summed E-state index contributed by atoms with van der Waals surface area (Å²) in [6.45, 7) is 0. The van der Waals surface area contributed by atoms with Gasteiger partial charge in [-0.2, -0.15) is 13.2 Å². The van der Waals surface area contributed by atoms with Crippen LogP contribution in [0.4, 0.5) is 5.69 Å². The molecule has 0 saturated carbocycles. The van der Waals surface area contributed by atoms with Crippen molar-refractivity contribution in [3.05, 3.63) is 59.3 Å². The minimum Gasteiger partial charge on any atom is -0.361 e. The van der Waals surface area contributed by atoms with E-state index in [9.17, 15) is 8.42 Å². The van der Waals surface area contributed by atoms with Gasteiger partial charge in [-0.3, -0.25) is 0 Å².